The molecular formula is C22H25FN4O3S. The highest BCUT2D eigenvalue weighted by molar-refractivity contribution is 7.99. The zero-order chi connectivity index (χ0) is 22.4. The highest BCUT2D eigenvalue weighted by Gasteiger charge is 2.23. The van der Waals surface area contributed by atoms with Crippen molar-refractivity contribution in [2.75, 3.05) is 18.2 Å². The van der Waals surface area contributed by atoms with E-state index in [9.17, 15) is 9.18 Å². The fourth-order valence-corrected chi connectivity index (χ4v) is 3.86. The van der Waals surface area contributed by atoms with Gasteiger partial charge in [0.1, 0.15) is 5.82 Å². The maximum Gasteiger partial charge on any atom is 0.234 e. The summed E-state index contributed by atoms with van der Waals surface area (Å²) in [4.78, 5) is 12.3. The number of methoxy groups -OCH3 is 1. The van der Waals surface area contributed by atoms with Crippen LogP contribution in [-0.4, -0.2) is 33.5 Å². The summed E-state index contributed by atoms with van der Waals surface area (Å²) >= 11 is 1.24. The molecule has 0 bridgehead atoms. The van der Waals surface area contributed by atoms with Gasteiger partial charge in [0.2, 0.25) is 5.91 Å². The number of hydrogen-bond donors (Lipinski definition) is 1. The van der Waals surface area contributed by atoms with E-state index >= 15 is 0 Å². The quantitative estimate of drug-likeness (QED) is 0.474. The van der Waals surface area contributed by atoms with E-state index in [1.807, 2.05) is 49.6 Å². The number of nitrogens with one attached hydrogen (secondary N) is 1. The van der Waals surface area contributed by atoms with Crippen molar-refractivity contribution in [1.29, 1.82) is 0 Å². The first kappa shape index (κ1) is 22.6. The molecule has 1 atom stereocenters. The van der Waals surface area contributed by atoms with Gasteiger partial charge in [-0.2, -0.15) is 0 Å². The van der Waals surface area contributed by atoms with Gasteiger partial charge in [0, 0.05) is 6.04 Å². The van der Waals surface area contributed by atoms with Gasteiger partial charge in [-0.25, -0.2) is 4.39 Å². The summed E-state index contributed by atoms with van der Waals surface area (Å²) in [5.41, 5.74) is 0.151. The number of rotatable bonds is 9. The Kier molecular flexibility index (Phi) is 7.51. The predicted octanol–water partition coefficient (Wildman–Crippen LogP) is 4.88. The van der Waals surface area contributed by atoms with Crippen molar-refractivity contribution in [2.45, 2.75) is 38.1 Å². The molecule has 0 aliphatic carbocycles. The van der Waals surface area contributed by atoms with Crippen LogP contribution in [-0.2, 0) is 4.79 Å². The second-order valence-electron chi connectivity index (χ2n) is 7.03. The number of halogens is 1. The SMILES string of the molecule is COc1ccccc1OC(C)c1nnc(SCC(=O)Nc2ccccc2F)n1C(C)C. The number of carbonyl (C=O) groups excluding carboxylic acids is 1. The minimum absolute atomic E-state index is 0.0471. The van der Waals surface area contributed by atoms with E-state index in [2.05, 4.69) is 15.5 Å². The number of para-hydroxylation sites is 3. The number of hydrogen-bond acceptors (Lipinski definition) is 6. The van der Waals surface area contributed by atoms with Crippen molar-refractivity contribution in [2.24, 2.45) is 0 Å². The molecule has 0 spiro atoms. The molecule has 7 nitrogen and oxygen atoms in total. The fourth-order valence-electron chi connectivity index (χ4n) is 2.99. The first-order valence-corrected chi connectivity index (χ1v) is 10.8. The molecule has 9 heteroatoms. The largest absolute Gasteiger partial charge is 0.493 e. The number of nitrogens with zero attached hydrogens (tertiary/aromatic N) is 3. The van der Waals surface area contributed by atoms with E-state index in [0.29, 0.717) is 22.5 Å². The molecule has 0 radical (unpaired) electrons. The maximum atomic E-state index is 13.7. The molecular weight excluding hydrogens is 419 g/mol. The molecule has 3 rings (SSSR count). The normalized spacial score (nSPS) is 11.9. The van der Waals surface area contributed by atoms with Crippen molar-refractivity contribution >= 4 is 23.4 Å². The molecule has 1 N–H and O–H groups in total. The molecule has 1 aromatic heterocycles. The molecule has 0 saturated carbocycles. The molecule has 0 saturated heterocycles. The lowest BCUT2D eigenvalue weighted by Crippen LogP contribution is -2.17. The van der Waals surface area contributed by atoms with Crippen LogP contribution >= 0.6 is 11.8 Å². The first-order chi connectivity index (χ1) is 14.9. The molecule has 164 valence electrons. The average Bonchev–Trinajstić information content (AvgIpc) is 3.19. The molecule has 1 unspecified atom stereocenters. The minimum atomic E-state index is -0.476. The Morgan fingerprint density at radius 3 is 2.45 bits per heavy atom. The van der Waals surface area contributed by atoms with Crippen molar-refractivity contribution in [3.63, 3.8) is 0 Å². The van der Waals surface area contributed by atoms with Gasteiger partial charge in [-0.3, -0.25) is 4.79 Å². The van der Waals surface area contributed by atoms with Crippen LogP contribution in [0.15, 0.2) is 53.7 Å². The molecule has 0 aliphatic rings. The minimum Gasteiger partial charge on any atom is -0.493 e. The summed E-state index contributed by atoms with van der Waals surface area (Å²) < 4.78 is 27.1. The van der Waals surface area contributed by atoms with Crippen LogP contribution in [0.4, 0.5) is 10.1 Å². The first-order valence-electron chi connectivity index (χ1n) is 9.82. The highest BCUT2D eigenvalue weighted by atomic mass is 32.2. The fraction of sp³-hybridized carbons (Fsp3) is 0.318. The Morgan fingerprint density at radius 1 is 1.10 bits per heavy atom. The molecule has 0 aliphatic heterocycles. The zero-order valence-electron chi connectivity index (χ0n) is 17.8. The Bertz CT molecular complexity index is 1040. The summed E-state index contributed by atoms with van der Waals surface area (Å²) in [5, 5.41) is 11.7. The number of thioether (sulfide) groups is 1. The maximum absolute atomic E-state index is 13.7. The van der Waals surface area contributed by atoms with Crippen LogP contribution in [0.25, 0.3) is 0 Å². The second kappa shape index (κ2) is 10.3. The van der Waals surface area contributed by atoms with Crippen LogP contribution < -0.4 is 14.8 Å². The van der Waals surface area contributed by atoms with Crippen LogP contribution in [0, 0.1) is 5.82 Å². The Balaban J connectivity index is 1.71. The van der Waals surface area contributed by atoms with Gasteiger partial charge < -0.3 is 19.4 Å². The van der Waals surface area contributed by atoms with Gasteiger partial charge in [0.25, 0.3) is 0 Å². The lowest BCUT2D eigenvalue weighted by molar-refractivity contribution is -0.113. The summed E-state index contributed by atoms with van der Waals surface area (Å²) in [6.07, 6.45) is -0.396. The molecule has 3 aromatic rings. The van der Waals surface area contributed by atoms with Gasteiger partial charge in [-0.1, -0.05) is 36.0 Å². The smallest absolute Gasteiger partial charge is 0.234 e. The Hall–Kier alpha value is -3.07. The highest BCUT2D eigenvalue weighted by Crippen LogP contribution is 2.32. The summed E-state index contributed by atoms with van der Waals surface area (Å²) in [6.45, 7) is 5.90. The monoisotopic (exact) mass is 444 g/mol. The van der Waals surface area contributed by atoms with Gasteiger partial charge in [-0.05, 0) is 45.0 Å². The molecule has 31 heavy (non-hydrogen) atoms. The van der Waals surface area contributed by atoms with E-state index in [0.717, 1.165) is 0 Å². The van der Waals surface area contributed by atoms with Crippen molar-refractivity contribution < 1.29 is 18.7 Å². The van der Waals surface area contributed by atoms with Crippen LogP contribution in [0.3, 0.4) is 0 Å². The zero-order valence-corrected chi connectivity index (χ0v) is 18.6. The molecule has 0 fully saturated rings. The van der Waals surface area contributed by atoms with Gasteiger partial charge >= 0.3 is 0 Å². The predicted molar refractivity (Wildman–Crippen MR) is 118 cm³/mol. The van der Waals surface area contributed by atoms with Crippen LogP contribution in [0.5, 0.6) is 11.5 Å². The Labute approximate surface area is 185 Å². The molecule has 1 heterocycles. The number of anilines is 1. The number of ether oxygens (including phenoxy) is 2. The molecule has 1 amide bonds. The van der Waals surface area contributed by atoms with E-state index in [4.69, 9.17) is 9.47 Å². The lowest BCUT2D eigenvalue weighted by Gasteiger charge is -2.19. The van der Waals surface area contributed by atoms with E-state index in [-0.39, 0.29) is 23.4 Å². The van der Waals surface area contributed by atoms with E-state index in [1.54, 1.807) is 19.2 Å². The second-order valence-corrected chi connectivity index (χ2v) is 7.97. The third-order valence-electron chi connectivity index (χ3n) is 4.42. The standard InChI is InChI=1S/C22H25FN4O3S/c1-14(2)27-21(15(3)30-19-12-8-7-11-18(19)29-4)25-26-22(27)31-13-20(28)24-17-10-6-5-9-16(17)23/h5-12,14-15H,13H2,1-4H3,(H,24,28). The van der Waals surface area contributed by atoms with Crippen molar-refractivity contribution in [3.8, 4) is 11.5 Å². The van der Waals surface area contributed by atoms with Gasteiger partial charge in [-0.15, -0.1) is 10.2 Å². The van der Waals surface area contributed by atoms with Gasteiger partial charge in [0.15, 0.2) is 28.6 Å². The number of benzene rings is 2. The lowest BCUT2D eigenvalue weighted by atomic mass is 10.3. The van der Waals surface area contributed by atoms with E-state index in [1.165, 1.54) is 23.9 Å². The van der Waals surface area contributed by atoms with Crippen molar-refractivity contribution in [3.05, 3.63) is 60.2 Å². The average molecular weight is 445 g/mol. The Morgan fingerprint density at radius 2 is 1.77 bits per heavy atom. The van der Waals surface area contributed by atoms with E-state index < -0.39 is 11.9 Å². The van der Waals surface area contributed by atoms with Gasteiger partial charge in [0.05, 0.1) is 18.6 Å². The van der Waals surface area contributed by atoms with Crippen LogP contribution in [0.2, 0.25) is 0 Å². The van der Waals surface area contributed by atoms with Crippen LogP contribution in [0.1, 0.15) is 38.7 Å². The summed E-state index contributed by atoms with van der Waals surface area (Å²) in [7, 11) is 1.59. The van der Waals surface area contributed by atoms with Crippen molar-refractivity contribution in [1.82, 2.24) is 14.8 Å². The third kappa shape index (κ3) is 5.55. The summed E-state index contributed by atoms with van der Waals surface area (Å²) in [5.74, 6) is 1.14. The topological polar surface area (TPSA) is 78.3 Å². The number of aromatic nitrogens is 3. The molecule has 2 aromatic carbocycles. The summed E-state index contributed by atoms with van der Waals surface area (Å²) in [6, 6.07) is 13.5. The third-order valence-corrected chi connectivity index (χ3v) is 5.37. The number of amides is 1. The number of carbonyl (C=O) groups is 1.